The van der Waals surface area contributed by atoms with Gasteiger partial charge >= 0.3 is 11.9 Å². The number of carbonyl (C=O) groups is 2. The Kier molecular flexibility index (Phi) is 8.85. The van der Waals surface area contributed by atoms with Gasteiger partial charge in [0.2, 0.25) is 0 Å². The molecule has 8 heteroatoms. The number of benzene rings is 2. The number of unbranched alkanes of at least 4 members (excludes halogenated alkanes) is 1. The van der Waals surface area contributed by atoms with Gasteiger partial charge in [0.05, 0.1) is 23.6 Å². The Morgan fingerprint density at radius 2 is 1.82 bits per heavy atom. The molecule has 3 aromatic rings. The van der Waals surface area contributed by atoms with Gasteiger partial charge in [-0.15, -0.1) is 11.6 Å². The molecule has 0 aliphatic heterocycles. The van der Waals surface area contributed by atoms with Crippen LogP contribution < -0.4 is 5.73 Å². The van der Waals surface area contributed by atoms with Crippen LogP contribution in [0.25, 0.3) is 11.1 Å². The summed E-state index contributed by atoms with van der Waals surface area (Å²) in [6.45, 7) is 4.29. The molecule has 0 saturated carbocycles. The number of aromatic amines is 1. The molecule has 1 heterocycles. The Morgan fingerprint density at radius 1 is 1.12 bits per heavy atom. The van der Waals surface area contributed by atoms with Crippen LogP contribution in [0.3, 0.4) is 0 Å². The SMILES string of the molecule is CCCCc1nc(C(N)C(=O)OCCC)c(C(Cl)c2ccc(-c3ccccc3C(=O)O)cc2)[nH]1. The van der Waals surface area contributed by atoms with Crippen molar-refractivity contribution in [3.8, 4) is 11.1 Å². The number of ether oxygens (including phenoxy) is 1. The van der Waals surface area contributed by atoms with Gasteiger partial charge in [0.1, 0.15) is 17.2 Å². The average molecular weight is 484 g/mol. The molecule has 2 aromatic carbocycles. The molecule has 0 aliphatic carbocycles. The molecule has 2 atom stereocenters. The smallest absolute Gasteiger partial charge is 0.336 e. The summed E-state index contributed by atoms with van der Waals surface area (Å²) in [5, 5.41) is 8.85. The highest BCUT2D eigenvalue weighted by Gasteiger charge is 2.28. The summed E-state index contributed by atoms with van der Waals surface area (Å²) in [5.74, 6) is -0.801. The first-order valence-corrected chi connectivity index (χ1v) is 11.9. The summed E-state index contributed by atoms with van der Waals surface area (Å²) in [7, 11) is 0. The lowest BCUT2D eigenvalue weighted by Gasteiger charge is -2.15. The predicted molar refractivity (Wildman–Crippen MR) is 132 cm³/mol. The van der Waals surface area contributed by atoms with Crippen LogP contribution in [-0.4, -0.2) is 33.6 Å². The second-order valence-corrected chi connectivity index (χ2v) is 8.50. The molecule has 0 bridgehead atoms. The number of nitrogens with zero attached hydrogens (tertiary/aromatic N) is 1. The van der Waals surface area contributed by atoms with Crippen molar-refractivity contribution in [2.24, 2.45) is 5.73 Å². The fraction of sp³-hybridized carbons (Fsp3) is 0.346. The van der Waals surface area contributed by atoms with Crippen LogP contribution in [0.5, 0.6) is 0 Å². The van der Waals surface area contributed by atoms with Crippen LogP contribution in [0.2, 0.25) is 0 Å². The largest absolute Gasteiger partial charge is 0.478 e. The van der Waals surface area contributed by atoms with E-state index >= 15 is 0 Å². The van der Waals surface area contributed by atoms with Gasteiger partial charge in [-0.25, -0.2) is 14.6 Å². The maximum Gasteiger partial charge on any atom is 0.336 e. The number of halogens is 1. The van der Waals surface area contributed by atoms with Crippen molar-refractivity contribution in [3.63, 3.8) is 0 Å². The number of carboxylic acid groups (broad SMARTS) is 1. The number of carbonyl (C=O) groups excluding carboxylic acids is 1. The lowest BCUT2D eigenvalue weighted by molar-refractivity contribution is -0.145. The molecule has 7 nitrogen and oxygen atoms in total. The number of H-pyrrole nitrogens is 1. The molecule has 34 heavy (non-hydrogen) atoms. The van der Waals surface area contributed by atoms with Crippen molar-refractivity contribution < 1.29 is 19.4 Å². The molecule has 0 radical (unpaired) electrons. The second-order valence-electron chi connectivity index (χ2n) is 8.07. The van der Waals surface area contributed by atoms with E-state index in [0.29, 0.717) is 30.0 Å². The Balaban J connectivity index is 1.92. The minimum atomic E-state index is -1.05. The van der Waals surface area contributed by atoms with Crippen LogP contribution in [0.4, 0.5) is 0 Å². The summed E-state index contributed by atoms with van der Waals surface area (Å²) in [6.07, 6.45) is 3.35. The molecule has 0 amide bonds. The fourth-order valence-corrected chi connectivity index (χ4v) is 3.98. The number of carboxylic acids is 1. The van der Waals surface area contributed by atoms with Gasteiger partial charge in [0.15, 0.2) is 0 Å². The number of aromatic nitrogens is 2. The predicted octanol–water partition coefficient (Wildman–Crippen LogP) is 5.40. The number of aromatic carboxylic acids is 1. The molecule has 2 unspecified atom stereocenters. The third-order valence-electron chi connectivity index (χ3n) is 5.50. The summed E-state index contributed by atoms with van der Waals surface area (Å²) in [6, 6.07) is 13.1. The van der Waals surface area contributed by atoms with Gasteiger partial charge < -0.3 is 20.6 Å². The van der Waals surface area contributed by atoms with E-state index in [1.165, 1.54) is 0 Å². The van der Waals surface area contributed by atoms with E-state index in [1.54, 1.807) is 24.3 Å². The zero-order chi connectivity index (χ0) is 24.7. The molecule has 0 aliphatic rings. The third-order valence-corrected chi connectivity index (χ3v) is 5.97. The second kappa shape index (κ2) is 11.8. The minimum Gasteiger partial charge on any atom is -0.478 e. The highest BCUT2D eigenvalue weighted by Crippen LogP contribution is 2.34. The van der Waals surface area contributed by atoms with Gasteiger partial charge in [-0.05, 0) is 35.6 Å². The van der Waals surface area contributed by atoms with Crippen molar-refractivity contribution >= 4 is 23.5 Å². The summed E-state index contributed by atoms with van der Waals surface area (Å²) < 4.78 is 5.22. The molecule has 180 valence electrons. The molecule has 0 saturated heterocycles. The highest BCUT2D eigenvalue weighted by molar-refractivity contribution is 6.22. The highest BCUT2D eigenvalue weighted by atomic mass is 35.5. The molecule has 3 rings (SSSR count). The normalized spacial score (nSPS) is 12.8. The number of hydrogen-bond donors (Lipinski definition) is 3. The Hall–Kier alpha value is -3.16. The summed E-state index contributed by atoms with van der Waals surface area (Å²) in [5.41, 5.74) is 9.53. The van der Waals surface area contributed by atoms with E-state index in [4.69, 9.17) is 22.1 Å². The molecule has 4 N–H and O–H groups in total. The molecule has 0 spiro atoms. The number of esters is 1. The number of nitrogens with two attached hydrogens (primary N) is 1. The number of rotatable bonds is 11. The number of imidazole rings is 1. The monoisotopic (exact) mass is 483 g/mol. The van der Waals surface area contributed by atoms with E-state index in [9.17, 15) is 14.7 Å². The van der Waals surface area contributed by atoms with Crippen molar-refractivity contribution in [1.82, 2.24) is 9.97 Å². The van der Waals surface area contributed by atoms with E-state index < -0.39 is 23.4 Å². The molecular weight excluding hydrogens is 454 g/mol. The third kappa shape index (κ3) is 5.85. The van der Waals surface area contributed by atoms with Gasteiger partial charge in [0, 0.05) is 6.42 Å². The van der Waals surface area contributed by atoms with E-state index in [1.807, 2.05) is 31.2 Å². The van der Waals surface area contributed by atoms with Crippen LogP contribution in [-0.2, 0) is 16.0 Å². The number of hydrogen-bond acceptors (Lipinski definition) is 5. The van der Waals surface area contributed by atoms with Crippen LogP contribution >= 0.6 is 11.6 Å². The van der Waals surface area contributed by atoms with Crippen LogP contribution in [0, 0.1) is 0 Å². The standard InChI is InChI=1S/C26H30ClN3O4/c1-3-5-10-20-29-23(24(30-20)22(28)26(33)34-15-4-2)21(27)17-13-11-16(12-14-17)18-8-6-7-9-19(18)25(31)32/h6-9,11-14,21-22H,3-5,10,15,28H2,1-2H3,(H,29,30)(H,31,32). The van der Waals surface area contributed by atoms with Crippen LogP contribution in [0.1, 0.15) is 77.7 Å². The Bertz CT molecular complexity index is 1130. The zero-order valence-electron chi connectivity index (χ0n) is 19.4. The van der Waals surface area contributed by atoms with Gasteiger partial charge in [-0.2, -0.15) is 0 Å². The molecular formula is C26H30ClN3O4. The molecule has 0 fully saturated rings. The number of aryl methyl sites for hydroxylation is 1. The maximum absolute atomic E-state index is 12.4. The van der Waals surface area contributed by atoms with Gasteiger partial charge in [0.25, 0.3) is 0 Å². The van der Waals surface area contributed by atoms with E-state index in [-0.39, 0.29) is 5.56 Å². The number of nitrogens with one attached hydrogen (secondary N) is 1. The average Bonchev–Trinajstić information content (AvgIpc) is 3.29. The minimum absolute atomic E-state index is 0.227. The van der Waals surface area contributed by atoms with E-state index in [0.717, 1.165) is 36.2 Å². The van der Waals surface area contributed by atoms with Crippen molar-refractivity contribution in [1.29, 1.82) is 0 Å². The summed E-state index contributed by atoms with van der Waals surface area (Å²) in [4.78, 5) is 31.9. The summed E-state index contributed by atoms with van der Waals surface area (Å²) >= 11 is 6.84. The van der Waals surface area contributed by atoms with Gasteiger partial charge in [-0.1, -0.05) is 62.7 Å². The molecule has 1 aromatic heterocycles. The number of alkyl halides is 1. The fourth-order valence-electron chi connectivity index (χ4n) is 3.67. The zero-order valence-corrected chi connectivity index (χ0v) is 20.1. The first kappa shape index (κ1) is 25.5. The van der Waals surface area contributed by atoms with E-state index in [2.05, 4.69) is 16.9 Å². The lowest BCUT2D eigenvalue weighted by atomic mass is 9.97. The quantitative estimate of drug-likeness (QED) is 0.248. The Morgan fingerprint density at radius 3 is 2.47 bits per heavy atom. The Labute approximate surface area is 204 Å². The first-order valence-electron chi connectivity index (χ1n) is 11.4. The van der Waals surface area contributed by atoms with Crippen molar-refractivity contribution in [2.45, 2.75) is 50.9 Å². The maximum atomic E-state index is 12.4. The van der Waals surface area contributed by atoms with Crippen LogP contribution in [0.15, 0.2) is 48.5 Å². The van der Waals surface area contributed by atoms with Crippen molar-refractivity contribution in [2.75, 3.05) is 6.61 Å². The van der Waals surface area contributed by atoms with Crippen molar-refractivity contribution in [3.05, 3.63) is 76.9 Å². The first-order chi connectivity index (χ1) is 16.4. The van der Waals surface area contributed by atoms with Gasteiger partial charge in [-0.3, -0.25) is 0 Å². The topological polar surface area (TPSA) is 118 Å². The lowest BCUT2D eigenvalue weighted by Crippen LogP contribution is -2.25.